The zero-order valence-corrected chi connectivity index (χ0v) is 41.6. The van der Waals surface area contributed by atoms with Gasteiger partial charge < -0.3 is 38.6 Å². The number of carbonyl (C=O) groups excluding carboxylic acids is 2. The Balaban J connectivity index is 0.000000959. The number of aryl methyl sites for hydroxylation is 1. The largest absolute Gasteiger partial charge is 0.497 e. The van der Waals surface area contributed by atoms with Crippen LogP contribution in [0, 0.1) is 5.41 Å². The number of hydrogen-bond donors (Lipinski definition) is 1. The van der Waals surface area contributed by atoms with E-state index >= 15 is 0 Å². The molecule has 0 bridgehead atoms. The van der Waals surface area contributed by atoms with Gasteiger partial charge in [-0.25, -0.2) is 0 Å². The molecule has 1 heterocycles. The third-order valence-electron chi connectivity index (χ3n) is 14.1. The van der Waals surface area contributed by atoms with Gasteiger partial charge in [-0.15, -0.1) is 0 Å². The van der Waals surface area contributed by atoms with Crippen molar-refractivity contribution in [2.45, 2.75) is 71.3 Å². The zero-order chi connectivity index (χ0) is 49.7. The summed E-state index contributed by atoms with van der Waals surface area (Å²) in [5.74, 6) is 0.497. The van der Waals surface area contributed by atoms with E-state index in [2.05, 4.69) is 80.3 Å². The minimum Gasteiger partial charge on any atom is -0.497 e. The molecule has 7 aromatic carbocycles. The van der Waals surface area contributed by atoms with Crippen molar-refractivity contribution in [1.82, 2.24) is 9.80 Å². The Labute approximate surface area is 412 Å². The maximum Gasteiger partial charge on any atom is 0.306 e. The zero-order valence-electron chi connectivity index (χ0n) is 41.6. The molecular weight excluding hydrogens is 881 g/mol. The van der Waals surface area contributed by atoms with Gasteiger partial charge in [-0.2, -0.15) is 0 Å². The molecule has 1 aliphatic rings. The second-order valence-electron chi connectivity index (χ2n) is 18.1. The van der Waals surface area contributed by atoms with Crippen molar-refractivity contribution < 1.29 is 43.2 Å². The molecule has 0 unspecified atom stereocenters. The summed E-state index contributed by atoms with van der Waals surface area (Å²) in [4.78, 5) is 42.4. The van der Waals surface area contributed by atoms with Crippen LogP contribution in [0.4, 0.5) is 0 Å². The van der Waals surface area contributed by atoms with Crippen molar-refractivity contribution in [3.63, 3.8) is 0 Å². The highest BCUT2D eigenvalue weighted by Crippen LogP contribution is 2.45. The van der Waals surface area contributed by atoms with E-state index in [9.17, 15) is 19.5 Å². The molecule has 11 nitrogen and oxygen atoms in total. The Kier molecular flexibility index (Phi) is 17.4. The van der Waals surface area contributed by atoms with Gasteiger partial charge in [-0.3, -0.25) is 14.4 Å². The van der Waals surface area contributed by atoms with Gasteiger partial charge in [0, 0.05) is 24.9 Å². The normalized spacial score (nSPS) is 13.6. The van der Waals surface area contributed by atoms with E-state index in [0.29, 0.717) is 56.0 Å². The van der Waals surface area contributed by atoms with Gasteiger partial charge in [-0.05, 0) is 136 Å². The van der Waals surface area contributed by atoms with Gasteiger partial charge in [0.15, 0.2) is 0 Å². The van der Waals surface area contributed by atoms with Crippen LogP contribution < -0.4 is 14.2 Å². The molecule has 368 valence electrons. The average Bonchev–Trinajstić information content (AvgIpc) is 3.40. The van der Waals surface area contributed by atoms with Crippen LogP contribution in [-0.2, 0) is 35.9 Å². The lowest BCUT2D eigenvalue weighted by atomic mass is 9.77. The highest BCUT2D eigenvalue weighted by Gasteiger charge is 2.44. The predicted molar refractivity (Wildman–Crippen MR) is 277 cm³/mol. The molecule has 1 saturated heterocycles. The van der Waals surface area contributed by atoms with Crippen molar-refractivity contribution in [3.8, 4) is 17.2 Å². The Morgan fingerprint density at radius 3 is 1.56 bits per heavy atom. The summed E-state index contributed by atoms with van der Waals surface area (Å²) >= 11 is 0. The number of piperidine rings is 1. The lowest BCUT2D eigenvalue weighted by Gasteiger charge is -2.44. The summed E-state index contributed by atoms with van der Waals surface area (Å²) in [5.41, 5.74) is 1.89. The molecule has 0 aliphatic carbocycles. The lowest BCUT2D eigenvalue weighted by molar-refractivity contribution is -0.157. The second kappa shape index (κ2) is 23.7. The van der Waals surface area contributed by atoms with Gasteiger partial charge in [0.2, 0.25) is 5.91 Å². The SMILES string of the molecule is CCN(CC)CC.COc1ccc(C(OCC2(COC(=O)CCC(=O)O)CCN(C(=O)CCCc3ccc4ccc5cccc6ccc3c4c56)CC2)(c2ccc(OC)cc2)c2ccc(OC)cc2)cc1. The first kappa shape index (κ1) is 51.2. The quantitative estimate of drug-likeness (QED) is 0.0423. The van der Waals surface area contributed by atoms with Crippen LogP contribution in [0.1, 0.15) is 81.5 Å². The molecule has 0 spiro atoms. The Hall–Kier alpha value is -6.69. The summed E-state index contributed by atoms with van der Waals surface area (Å²) < 4.78 is 29.8. The van der Waals surface area contributed by atoms with E-state index in [1.54, 1.807) is 21.3 Å². The van der Waals surface area contributed by atoms with Gasteiger partial charge in [0.05, 0.1) is 47.4 Å². The fourth-order valence-electron chi connectivity index (χ4n) is 9.84. The first-order chi connectivity index (χ1) is 34.0. The first-order valence-electron chi connectivity index (χ1n) is 24.6. The van der Waals surface area contributed by atoms with E-state index in [1.165, 1.54) is 57.5 Å². The third-order valence-corrected chi connectivity index (χ3v) is 14.1. The average molecular weight is 949 g/mol. The standard InChI is InChI=1S/C53H53NO9.C6H15N/c1-59-43-21-15-40(16-22-43)53(41-17-23-44(60-2)24-18-41,42-19-25-45(61-3)26-20-42)63-35-52(34-62-49(58)29-28-48(56)57)30-32-54(33-31-52)47(55)9-5-6-36-10-11-39-13-12-37-7-4-8-38-14-27-46(36)51(39)50(37)38;1-4-7(5-2)6-3/h4,7-8,10-27H,5-6,9,28-35H2,1-3H3,(H,56,57);4-6H2,1-3H3. The monoisotopic (exact) mass is 948 g/mol. The molecular formula is C59H68N2O9. The number of esters is 1. The maximum absolute atomic E-state index is 13.9. The fraction of sp³-hybridized carbons (Fsp3) is 0.373. The molecule has 8 rings (SSSR count). The predicted octanol–water partition coefficient (Wildman–Crippen LogP) is 11.3. The van der Waals surface area contributed by atoms with Crippen molar-refractivity contribution in [2.24, 2.45) is 5.41 Å². The fourth-order valence-corrected chi connectivity index (χ4v) is 9.84. The molecule has 0 atom stereocenters. The van der Waals surface area contributed by atoms with Crippen LogP contribution in [0.2, 0.25) is 0 Å². The number of carboxylic acid groups (broad SMARTS) is 1. The summed E-state index contributed by atoms with van der Waals surface area (Å²) in [6.45, 7) is 11.2. The highest BCUT2D eigenvalue weighted by atomic mass is 16.5. The molecule has 1 amide bonds. The van der Waals surface area contributed by atoms with Crippen LogP contribution in [0.5, 0.6) is 17.2 Å². The number of hydrogen-bond acceptors (Lipinski definition) is 9. The molecule has 7 aromatic rings. The minimum atomic E-state index is -1.16. The lowest BCUT2D eigenvalue weighted by Crippen LogP contribution is -2.49. The Morgan fingerprint density at radius 1 is 0.600 bits per heavy atom. The van der Waals surface area contributed by atoms with Crippen LogP contribution in [0.15, 0.2) is 127 Å². The number of methoxy groups -OCH3 is 3. The second-order valence-corrected chi connectivity index (χ2v) is 18.1. The van der Waals surface area contributed by atoms with Gasteiger partial charge in [-0.1, -0.05) is 112 Å². The number of ether oxygens (including phenoxy) is 5. The number of carbonyl (C=O) groups is 3. The van der Waals surface area contributed by atoms with E-state index < -0.39 is 23.0 Å². The highest BCUT2D eigenvalue weighted by molar-refractivity contribution is 6.23. The van der Waals surface area contributed by atoms with Gasteiger partial charge in [0.1, 0.15) is 22.8 Å². The number of aliphatic carboxylic acids is 1. The molecule has 11 heteroatoms. The molecule has 0 aromatic heterocycles. The van der Waals surface area contributed by atoms with Crippen LogP contribution in [0.25, 0.3) is 32.3 Å². The van der Waals surface area contributed by atoms with Crippen LogP contribution in [0.3, 0.4) is 0 Å². The molecule has 1 fully saturated rings. The van der Waals surface area contributed by atoms with Crippen LogP contribution >= 0.6 is 0 Å². The van der Waals surface area contributed by atoms with Crippen molar-refractivity contribution in [3.05, 3.63) is 150 Å². The molecule has 70 heavy (non-hydrogen) atoms. The molecule has 1 aliphatic heterocycles. The van der Waals surface area contributed by atoms with E-state index in [4.69, 9.17) is 23.7 Å². The van der Waals surface area contributed by atoms with Crippen molar-refractivity contribution in [2.75, 3.05) is 67.3 Å². The Morgan fingerprint density at radius 2 is 1.09 bits per heavy atom. The number of benzene rings is 7. The molecule has 1 N–H and O–H groups in total. The number of amides is 1. The number of likely N-dealkylation sites (tertiary alicyclic amines) is 1. The van der Waals surface area contributed by atoms with Gasteiger partial charge in [0.25, 0.3) is 0 Å². The number of carboxylic acids is 1. The summed E-state index contributed by atoms with van der Waals surface area (Å²) in [6, 6.07) is 42.9. The minimum absolute atomic E-state index is 0.00601. The van der Waals surface area contributed by atoms with Crippen LogP contribution in [-0.4, -0.2) is 100 Å². The smallest absolute Gasteiger partial charge is 0.306 e. The van der Waals surface area contributed by atoms with E-state index in [0.717, 1.165) is 23.1 Å². The maximum atomic E-state index is 13.9. The number of nitrogens with zero attached hydrogens (tertiary/aromatic N) is 2. The first-order valence-corrected chi connectivity index (χ1v) is 24.6. The third kappa shape index (κ3) is 11.7. The molecule has 0 saturated carbocycles. The summed E-state index contributed by atoms with van der Waals surface area (Å²) in [5, 5.41) is 16.7. The van der Waals surface area contributed by atoms with E-state index in [-0.39, 0.29) is 32.0 Å². The summed E-state index contributed by atoms with van der Waals surface area (Å²) in [6.07, 6.45) is 2.34. The topological polar surface area (TPSA) is 124 Å². The summed E-state index contributed by atoms with van der Waals surface area (Å²) in [7, 11) is 4.87. The molecule has 0 radical (unpaired) electrons. The van der Waals surface area contributed by atoms with Crippen molar-refractivity contribution in [1.29, 1.82) is 0 Å². The van der Waals surface area contributed by atoms with E-state index in [1.807, 2.05) is 77.7 Å². The van der Waals surface area contributed by atoms with Crippen molar-refractivity contribution >= 4 is 50.2 Å². The Bertz CT molecular complexity index is 2660. The number of rotatable bonds is 21. The van der Waals surface area contributed by atoms with Gasteiger partial charge >= 0.3 is 11.9 Å².